The minimum absolute atomic E-state index is 0.0737. The van der Waals surface area contributed by atoms with Crippen LogP contribution in [0.3, 0.4) is 0 Å². The molecular weight excluding hydrogens is 315 g/mol. The van der Waals surface area contributed by atoms with Gasteiger partial charge >= 0.3 is 0 Å². The van der Waals surface area contributed by atoms with Crippen molar-refractivity contribution in [2.45, 2.75) is 38.6 Å². The number of nitrogens with one attached hydrogen (secondary N) is 1. The summed E-state index contributed by atoms with van der Waals surface area (Å²) in [5, 5.41) is 3.45. The highest BCUT2D eigenvalue weighted by Crippen LogP contribution is 2.47. The second kappa shape index (κ2) is 7.73. The first-order valence-electron chi connectivity index (χ1n) is 9.48. The summed E-state index contributed by atoms with van der Waals surface area (Å²) in [6, 6.07) is 6.94. The fourth-order valence-corrected chi connectivity index (χ4v) is 4.08. The van der Waals surface area contributed by atoms with Crippen LogP contribution < -0.4 is 5.32 Å². The van der Waals surface area contributed by atoms with Gasteiger partial charge in [0.1, 0.15) is 5.82 Å². The monoisotopic (exact) mass is 346 g/mol. The lowest BCUT2D eigenvalue weighted by Gasteiger charge is -2.38. The normalized spacial score (nSPS) is 20.8. The van der Waals surface area contributed by atoms with Crippen molar-refractivity contribution in [1.82, 2.24) is 15.1 Å². The van der Waals surface area contributed by atoms with E-state index in [-0.39, 0.29) is 11.9 Å². The molecule has 1 aromatic carbocycles. The van der Waals surface area contributed by atoms with Crippen LogP contribution in [0.15, 0.2) is 29.3 Å². The Bertz CT molecular complexity index is 609. The summed E-state index contributed by atoms with van der Waals surface area (Å²) < 4.78 is 13.6. The third-order valence-electron chi connectivity index (χ3n) is 5.76. The molecule has 1 saturated carbocycles. The average molecular weight is 346 g/mol. The first-order valence-corrected chi connectivity index (χ1v) is 9.48. The van der Waals surface area contributed by atoms with E-state index in [0.29, 0.717) is 12.0 Å². The molecule has 5 heteroatoms. The molecule has 0 aromatic heterocycles. The Morgan fingerprint density at radius 2 is 2.16 bits per heavy atom. The van der Waals surface area contributed by atoms with E-state index in [9.17, 15) is 4.39 Å². The van der Waals surface area contributed by atoms with Crippen LogP contribution in [-0.2, 0) is 0 Å². The quantitative estimate of drug-likeness (QED) is 0.656. The molecule has 2 aliphatic rings. The van der Waals surface area contributed by atoms with Crippen LogP contribution in [0.25, 0.3) is 0 Å². The summed E-state index contributed by atoms with van der Waals surface area (Å²) in [5.74, 6) is 0.821. The molecule has 0 bridgehead atoms. The molecule has 2 fully saturated rings. The van der Waals surface area contributed by atoms with Crippen molar-refractivity contribution in [3.8, 4) is 0 Å². The molecule has 138 valence electrons. The van der Waals surface area contributed by atoms with Crippen molar-refractivity contribution < 1.29 is 4.39 Å². The Morgan fingerprint density at radius 1 is 1.36 bits per heavy atom. The maximum Gasteiger partial charge on any atom is 0.194 e. The Labute approximate surface area is 151 Å². The molecule has 0 amide bonds. The highest BCUT2D eigenvalue weighted by Gasteiger charge is 2.43. The number of benzene rings is 1. The van der Waals surface area contributed by atoms with Gasteiger partial charge in [0, 0.05) is 19.6 Å². The highest BCUT2D eigenvalue weighted by molar-refractivity contribution is 5.80. The number of likely N-dealkylation sites (tertiary alicyclic amines) is 1. The number of hydrogen-bond donors (Lipinski definition) is 1. The van der Waals surface area contributed by atoms with Crippen molar-refractivity contribution in [3.63, 3.8) is 0 Å². The third kappa shape index (κ3) is 4.14. The van der Waals surface area contributed by atoms with Crippen molar-refractivity contribution in [2.75, 3.05) is 40.3 Å². The maximum atomic E-state index is 13.6. The number of halogens is 1. The lowest BCUT2D eigenvalue weighted by Crippen LogP contribution is -2.43. The summed E-state index contributed by atoms with van der Waals surface area (Å²) >= 11 is 0. The van der Waals surface area contributed by atoms with E-state index in [1.807, 2.05) is 20.2 Å². The summed E-state index contributed by atoms with van der Waals surface area (Å²) in [6.45, 7) is 5.84. The zero-order chi connectivity index (χ0) is 17.9. The Kier molecular flexibility index (Phi) is 5.62. The van der Waals surface area contributed by atoms with Gasteiger partial charge < -0.3 is 15.1 Å². The fourth-order valence-electron chi connectivity index (χ4n) is 4.08. The van der Waals surface area contributed by atoms with E-state index in [4.69, 9.17) is 4.99 Å². The highest BCUT2D eigenvalue weighted by atomic mass is 19.1. The molecule has 1 aromatic rings. The first kappa shape index (κ1) is 18.2. The van der Waals surface area contributed by atoms with E-state index in [1.54, 1.807) is 12.1 Å². The van der Waals surface area contributed by atoms with Crippen LogP contribution in [-0.4, -0.2) is 56.0 Å². The minimum atomic E-state index is -0.188. The standard InChI is InChI=1S/C20H31FN4/c1-4-22-19(25-12-11-20(15-25)9-6-10-20)23-14-18(24(2)3)16-7-5-8-17(21)13-16/h5,7-8,13,18H,4,6,9-12,14-15H2,1-3H3,(H,22,23). The van der Waals surface area contributed by atoms with Crippen LogP contribution in [0, 0.1) is 11.2 Å². The molecule has 1 atom stereocenters. The molecule has 1 spiro atoms. The zero-order valence-electron chi connectivity index (χ0n) is 15.8. The molecule has 25 heavy (non-hydrogen) atoms. The van der Waals surface area contributed by atoms with Crippen molar-refractivity contribution in [3.05, 3.63) is 35.6 Å². The Balaban J connectivity index is 1.72. The molecule has 3 rings (SSSR count). The van der Waals surface area contributed by atoms with Gasteiger partial charge in [-0.3, -0.25) is 4.99 Å². The molecular formula is C20H31FN4. The Morgan fingerprint density at radius 3 is 2.72 bits per heavy atom. The molecule has 1 N–H and O–H groups in total. The van der Waals surface area contributed by atoms with Crippen molar-refractivity contribution in [1.29, 1.82) is 0 Å². The molecule has 1 aliphatic heterocycles. The van der Waals surface area contributed by atoms with E-state index >= 15 is 0 Å². The summed E-state index contributed by atoms with van der Waals surface area (Å²) in [7, 11) is 4.05. The number of rotatable bonds is 5. The third-order valence-corrected chi connectivity index (χ3v) is 5.76. The number of guanidine groups is 1. The number of hydrogen-bond acceptors (Lipinski definition) is 2. The molecule has 1 unspecified atom stereocenters. The van der Waals surface area contributed by atoms with Gasteiger partial charge in [-0.15, -0.1) is 0 Å². The smallest absolute Gasteiger partial charge is 0.194 e. The van der Waals surface area contributed by atoms with Gasteiger partial charge in [-0.1, -0.05) is 18.6 Å². The van der Waals surface area contributed by atoms with Crippen LogP contribution in [0.2, 0.25) is 0 Å². The molecule has 1 saturated heterocycles. The average Bonchev–Trinajstić information content (AvgIpc) is 2.99. The minimum Gasteiger partial charge on any atom is -0.357 e. The second-order valence-electron chi connectivity index (χ2n) is 7.75. The zero-order valence-corrected chi connectivity index (χ0v) is 15.8. The van der Waals surface area contributed by atoms with E-state index in [0.717, 1.165) is 31.2 Å². The predicted molar refractivity (Wildman–Crippen MR) is 101 cm³/mol. The van der Waals surface area contributed by atoms with Crippen molar-refractivity contribution >= 4 is 5.96 Å². The van der Waals surface area contributed by atoms with Gasteiger partial charge in [0.15, 0.2) is 5.96 Å². The molecule has 0 radical (unpaired) electrons. The maximum absolute atomic E-state index is 13.6. The predicted octanol–water partition coefficient (Wildman–Crippen LogP) is 3.27. The second-order valence-corrected chi connectivity index (χ2v) is 7.75. The lowest BCUT2D eigenvalue weighted by atomic mass is 9.68. The topological polar surface area (TPSA) is 30.9 Å². The summed E-state index contributed by atoms with van der Waals surface area (Å²) in [5.41, 5.74) is 1.53. The molecule has 4 nitrogen and oxygen atoms in total. The number of likely N-dealkylation sites (N-methyl/N-ethyl adjacent to an activating group) is 1. The molecule has 1 aliphatic carbocycles. The van der Waals surface area contributed by atoms with E-state index in [1.165, 1.54) is 31.7 Å². The van der Waals surface area contributed by atoms with Gasteiger partial charge in [0.25, 0.3) is 0 Å². The Hall–Kier alpha value is -1.62. The van der Waals surface area contributed by atoms with Gasteiger partial charge in [-0.25, -0.2) is 4.39 Å². The summed E-state index contributed by atoms with van der Waals surface area (Å²) in [4.78, 5) is 9.44. The van der Waals surface area contributed by atoms with Crippen LogP contribution in [0.5, 0.6) is 0 Å². The van der Waals surface area contributed by atoms with Gasteiger partial charge in [0.05, 0.1) is 12.6 Å². The van der Waals surface area contributed by atoms with Gasteiger partial charge in [0.2, 0.25) is 0 Å². The van der Waals surface area contributed by atoms with Gasteiger partial charge in [-0.2, -0.15) is 0 Å². The largest absolute Gasteiger partial charge is 0.357 e. The lowest BCUT2D eigenvalue weighted by molar-refractivity contribution is 0.151. The van der Waals surface area contributed by atoms with Gasteiger partial charge in [-0.05, 0) is 63.4 Å². The van der Waals surface area contributed by atoms with Crippen LogP contribution >= 0.6 is 0 Å². The first-order chi connectivity index (χ1) is 12.0. The molecule has 1 heterocycles. The van der Waals surface area contributed by atoms with Crippen molar-refractivity contribution in [2.24, 2.45) is 10.4 Å². The SMILES string of the molecule is CCNC(=NCC(c1cccc(F)c1)N(C)C)N1CCC2(CCC2)C1. The van der Waals surface area contributed by atoms with Crippen LogP contribution in [0.1, 0.15) is 44.2 Å². The number of aliphatic imine (C=N–C) groups is 1. The fraction of sp³-hybridized carbons (Fsp3) is 0.650. The number of nitrogens with zero attached hydrogens (tertiary/aromatic N) is 3. The van der Waals surface area contributed by atoms with E-state index in [2.05, 4.69) is 22.0 Å². The van der Waals surface area contributed by atoms with E-state index < -0.39 is 0 Å². The van der Waals surface area contributed by atoms with Crippen LogP contribution in [0.4, 0.5) is 4.39 Å². The summed E-state index contributed by atoms with van der Waals surface area (Å²) in [6.07, 6.45) is 5.40.